The standard InChI is InChI=1S/C25H18ClIN2O6S/c1-34-21-11-15(10-19(27)23(21)35-14-17-7-2-4-8-18(17)26)12-22-24(30)28(25(31)36-22)13-16-6-3-5-9-20(16)29(32)33/h2-12H,13-14H2,1H3/b22-12-. The van der Waals surface area contributed by atoms with Crippen LogP contribution >= 0.6 is 46.0 Å². The summed E-state index contributed by atoms with van der Waals surface area (Å²) in [5.74, 6) is 0.468. The monoisotopic (exact) mass is 636 g/mol. The van der Waals surface area contributed by atoms with Crippen molar-refractivity contribution < 1.29 is 24.0 Å². The van der Waals surface area contributed by atoms with E-state index < -0.39 is 16.1 Å². The molecule has 36 heavy (non-hydrogen) atoms. The predicted octanol–water partition coefficient (Wildman–Crippen LogP) is 6.68. The summed E-state index contributed by atoms with van der Waals surface area (Å²) in [6.07, 6.45) is 1.59. The van der Waals surface area contributed by atoms with Gasteiger partial charge in [-0.05, 0) is 64.2 Å². The normalized spacial score (nSPS) is 14.4. The van der Waals surface area contributed by atoms with Crippen LogP contribution < -0.4 is 9.47 Å². The van der Waals surface area contributed by atoms with Crippen molar-refractivity contribution in [3.63, 3.8) is 0 Å². The molecule has 1 aliphatic rings. The number of rotatable bonds is 8. The van der Waals surface area contributed by atoms with E-state index in [2.05, 4.69) is 22.6 Å². The maximum Gasteiger partial charge on any atom is 0.293 e. The van der Waals surface area contributed by atoms with Gasteiger partial charge in [0.1, 0.15) is 6.61 Å². The van der Waals surface area contributed by atoms with Crippen LogP contribution in [0.5, 0.6) is 11.5 Å². The summed E-state index contributed by atoms with van der Waals surface area (Å²) in [5.41, 5.74) is 1.60. The summed E-state index contributed by atoms with van der Waals surface area (Å²) in [6, 6.07) is 16.9. The number of hydrogen-bond donors (Lipinski definition) is 0. The van der Waals surface area contributed by atoms with Crippen LogP contribution in [-0.2, 0) is 17.9 Å². The van der Waals surface area contributed by atoms with Crippen molar-refractivity contribution in [1.82, 2.24) is 4.90 Å². The third-order valence-electron chi connectivity index (χ3n) is 5.27. The van der Waals surface area contributed by atoms with Crippen molar-refractivity contribution >= 4 is 68.9 Å². The van der Waals surface area contributed by atoms with Crippen LogP contribution in [-0.4, -0.2) is 28.1 Å². The average molecular weight is 637 g/mol. The maximum atomic E-state index is 13.0. The van der Waals surface area contributed by atoms with Gasteiger partial charge in [-0.3, -0.25) is 24.6 Å². The van der Waals surface area contributed by atoms with Gasteiger partial charge >= 0.3 is 0 Å². The van der Waals surface area contributed by atoms with Gasteiger partial charge in [0.25, 0.3) is 16.8 Å². The first-order valence-corrected chi connectivity index (χ1v) is 12.8. The van der Waals surface area contributed by atoms with Crippen molar-refractivity contribution in [2.24, 2.45) is 0 Å². The topological polar surface area (TPSA) is 99.0 Å². The third kappa shape index (κ3) is 5.66. The molecular weight excluding hydrogens is 619 g/mol. The van der Waals surface area contributed by atoms with E-state index in [9.17, 15) is 19.7 Å². The highest BCUT2D eigenvalue weighted by Gasteiger charge is 2.36. The van der Waals surface area contributed by atoms with Crippen LogP contribution in [0.2, 0.25) is 5.02 Å². The van der Waals surface area contributed by atoms with E-state index in [1.54, 1.807) is 30.3 Å². The summed E-state index contributed by atoms with van der Waals surface area (Å²) >= 11 is 9.11. The molecule has 0 atom stereocenters. The molecule has 0 saturated carbocycles. The lowest BCUT2D eigenvalue weighted by atomic mass is 10.1. The molecule has 0 aromatic heterocycles. The van der Waals surface area contributed by atoms with Gasteiger partial charge in [0.05, 0.1) is 27.1 Å². The predicted molar refractivity (Wildman–Crippen MR) is 146 cm³/mol. The number of thioether (sulfide) groups is 1. The van der Waals surface area contributed by atoms with Gasteiger partial charge in [-0.25, -0.2) is 0 Å². The average Bonchev–Trinajstić information content (AvgIpc) is 3.11. The molecule has 11 heteroatoms. The lowest BCUT2D eigenvalue weighted by Crippen LogP contribution is -2.27. The number of hydrogen-bond acceptors (Lipinski definition) is 7. The van der Waals surface area contributed by atoms with Crippen molar-refractivity contribution in [2.45, 2.75) is 13.2 Å². The number of carbonyl (C=O) groups excluding carboxylic acids is 2. The molecule has 3 aromatic carbocycles. The zero-order valence-corrected chi connectivity index (χ0v) is 22.5. The molecule has 1 saturated heterocycles. The SMILES string of the molecule is COc1cc(/C=C2\SC(=O)N(Cc3ccccc3[N+](=O)[O-])C2=O)cc(I)c1OCc1ccccc1Cl. The number of carbonyl (C=O) groups is 2. The molecule has 1 aliphatic heterocycles. The largest absolute Gasteiger partial charge is 0.493 e. The summed E-state index contributed by atoms with van der Waals surface area (Å²) in [7, 11) is 1.51. The minimum atomic E-state index is -0.534. The van der Waals surface area contributed by atoms with Crippen LogP contribution in [0.3, 0.4) is 0 Å². The first kappa shape index (κ1) is 26.0. The molecule has 8 nitrogen and oxygen atoms in total. The van der Waals surface area contributed by atoms with E-state index in [0.29, 0.717) is 22.1 Å². The number of amides is 2. The molecule has 1 fully saturated rings. The second-order valence-electron chi connectivity index (χ2n) is 7.57. The van der Waals surface area contributed by atoms with Gasteiger partial charge in [-0.1, -0.05) is 48.0 Å². The molecule has 0 aliphatic carbocycles. The Labute approximate surface area is 229 Å². The van der Waals surface area contributed by atoms with Gasteiger partial charge in [-0.15, -0.1) is 0 Å². The van der Waals surface area contributed by atoms with Crippen LogP contribution in [0.25, 0.3) is 6.08 Å². The molecule has 4 rings (SSSR count). The summed E-state index contributed by atoms with van der Waals surface area (Å²) in [5, 5.41) is 11.4. The molecule has 3 aromatic rings. The van der Waals surface area contributed by atoms with E-state index in [-0.39, 0.29) is 29.3 Å². The van der Waals surface area contributed by atoms with Gasteiger partial charge in [-0.2, -0.15) is 0 Å². The second-order valence-corrected chi connectivity index (χ2v) is 10.1. The minimum absolute atomic E-state index is 0.146. The second kappa shape index (κ2) is 11.3. The molecule has 184 valence electrons. The molecule has 0 bridgehead atoms. The first-order valence-electron chi connectivity index (χ1n) is 10.5. The molecule has 0 spiro atoms. The van der Waals surface area contributed by atoms with E-state index in [4.69, 9.17) is 21.1 Å². The van der Waals surface area contributed by atoms with Crippen molar-refractivity contribution in [3.05, 3.63) is 101 Å². The summed E-state index contributed by atoms with van der Waals surface area (Å²) < 4.78 is 12.2. The van der Waals surface area contributed by atoms with Crippen LogP contribution in [0.15, 0.2) is 65.6 Å². The fraction of sp³-hybridized carbons (Fsp3) is 0.120. The Morgan fingerprint density at radius 2 is 1.81 bits per heavy atom. The van der Waals surface area contributed by atoms with Crippen molar-refractivity contribution in [1.29, 1.82) is 0 Å². The summed E-state index contributed by atoms with van der Waals surface area (Å²) in [6.45, 7) is 0.0603. The number of benzene rings is 3. The minimum Gasteiger partial charge on any atom is -0.493 e. The van der Waals surface area contributed by atoms with Crippen LogP contribution in [0, 0.1) is 13.7 Å². The zero-order valence-electron chi connectivity index (χ0n) is 18.8. The Balaban J connectivity index is 1.56. The maximum absolute atomic E-state index is 13.0. The number of nitrogens with zero attached hydrogens (tertiary/aromatic N) is 2. The van der Waals surface area contributed by atoms with Gasteiger partial charge in [0.15, 0.2) is 11.5 Å². The Kier molecular flexibility index (Phi) is 8.17. The highest BCUT2D eigenvalue weighted by molar-refractivity contribution is 14.1. The number of imide groups is 1. The van der Waals surface area contributed by atoms with Gasteiger partial charge < -0.3 is 9.47 Å². The fourth-order valence-electron chi connectivity index (χ4n) is 3.51. The highest BCUT2D eigenvalue weighted by atomic mass is 127. The number of nitro groups is 1. The Morgan fingerprint density at radius 3 is 2.50 bits per heavy atom. The number of nitro benzene ring substituents is 1. The molecular formula is C25H18ClIN2O6S. The first-order chi connectivity index (χ1) is 17.3. The molecule has 2 amide bonds. The number of halogens is 2. The third-order valence-corrected chi connectivity index (χ3v) is 7.35. The highest BCUT2D eigenvalue weighted by Crippen LogP contribution is 2.38. The summed E-state index contributed by atoms with van der Waals surface area (Å²) in [4.78, 5) is 37.5. The lowest BCUT2D eigenvalue weighted by Gasteiger charge is -2.14. The van der Waals surface area contributed by atoms with E-state index in [0.717, 1.165) is 25.8 Å². The zero-order chi connectivity index (χ0) is 25.8. The smallest absolute Gasteiger partial charge is 0.293 e. The molecule has 0 N–H and O–H groups in total. The van der Waals surface area contributed by atoms with Crippen molar-refractivity contribution in [2.75, 3.05) is 7.11 Å². The van der Waals surface area contributed by atoms with E-state index in [1.807, 2.05) is 18.2 Å². The van der Waals surface area contributed by atoms with Gasteiger partial charge in [0, 0.05) is 22.2 Å². The quantitative estimate of drug-likeness (QED) is 0.118. The van der Waals surface area contributed by atoms with E-state index >= 15 is 0 Å². The Morgan fingerprint density at radius 1 is 1.11 bits per heavy atom. The van der Waals surface area contributed by atoms with E-state index in [1.165, 1.54) is 25.3 Å². The number of ether oxygens (including phenoxy) is 2. The lowest BCUT2D eigenvalue weighted by molar-refractivity contribution is -0.385. The van der Waals surface area contributed by atoms with Crippen LogP contribution in [0.1, 0.15) is 16.7 Å². The number of para-hydroxylation sites is 1. The fourth-order valence-corrected chi connectivity index (χ4v) is 5.32. The Hall–Kier alpha value is -3.09. The molecule has 0 radical (unpaired) electrons. The number of methoxy groups -OCH3 is 1. The molecule has 0 unspecified atom stereocenters. The van der Waals surface area contributed by atoms with Gasteiger partial charge in [0.2, 0.25) is 0 Å². The van der Waals surface area contributed by atoms with Crippen molar-refractivity contribution in [3.8, 4) is 11.5 Å². The molecule has 1 heterocycles. The van der Waals surface area contributed by atoms with Crippen LogP contribution in [0.4, 0.5) is 10.5 Å². The Bertz CT molecular complexity index is 1400.